The van der Waals surface area contributed by atoms with E-state index in [9.17, 15) is 10.1 Å². The van der Waals surface area contributed by atoms with Crippen LogP contribution in [0.2, 0.25) is 0 Å². The number of methoxy groups -OCH3 is 1. The number of rotatable bonds is 6. The summed E-state index contributed by atoms with van der Waals surface area (Å²) in [4.78, 5) is 13.8. The van der Waals surface area contributed by atoms with E-state index in [0.29, 0.717) is 21.6 Å². The molecule has 1 aliphatic carbocycles. The van der Waals surface area contributed by atoms with Crippen LogP contribution in [0.4, 0.5) is 5.00 Å². The average molecular weight is 454 g/mol. The largest absolute Gasteiger partial charge is 0.497 e. The third-order valence-electron chi connectivity index (χ3n) is 5.39. The van der Waals surface area contributed by atoms with E-state index in [2.05, 4.69) is 28.5 Å². The van der Waals surface area contributed by atoms with Gasteiger partial charge in [0.1, 0.15) is 16.8 Å². The van der Waals surface area contributed by atoms with Crippen molar-refractivity contribution in [1.82, 2.24) is 14.8 Å². The van der Waals surface area contributed by atoms with E-state index < -0.39 is 0 Å². The number of hydrogen-bond donors (Lipinski definition) is 1. The van der Waals surface area contributed by atoms with E-state index in [1.807, 2.05) is 35.9 Å². The van der Waals surface area contributed by atoms with Crippen molar-refractivity contribution in [1.29, 1.82) is 5.26 Å². The summed E-state index contributed by atoms with van der Waals surface area (Å²) >= 11 is 2.86. The number of aromatic nitrogens is 3. The Bertz CT molecular complexity index is 1140. The van der Waals surface area contributed by atoms with Crippen LogP contribution in [0.5, 0.6) is 5.75 Å². The minimum Gasteiger partial charge on any atom is -0.497 e. The molecule has 2 aromatic heterocycles. The minimum absolute atomic E-state index is 0.151. The maximum atomic E-state index is 12.6. The lowest BCUT2D eigenvalue weighted by molar-refractivity contribution is -0.113. The van der Waals surface area contributed by atoms with Crippen molar-refractivity contribution in [2.45, 2.75) is 31.3 Å². The van der Waals surface area contributed by atoms with Crippen molar-refractivity contribution in [2.24, 2.45) is 13.0 Å². The van der Waals surface area contributed by atoms with Gasteiger partial charge in [-0.25, -0.2) is 0 Å². The first-order valence-electron chi connectivity index (χ1n) is 10.0. The third-order valence-corrected chi connectivity index (χ3v) is 7.58. The van der Waals surface area contributed by atoms with Crippen molar-refractivity contribution in [3.05, 3.63) is 40.3 Å². The molecule has 160 valence electrons. The molecule has 1 aliphatic rings. The fraction of sp³-hybridized carbons (Fsp3) is 0.364. The van der Waals surface area contributed by atoms with E-state index >= 15 is 0 Å². The number of carbonyl (C=O) groups excluding carboxylic acids is 1. The van der Waals surface area contributed by atoms with Gasteiger partial charge in [-0.3, -0.25) is 4.79 Å². The first-order chi connectivity index (χ1) is 15.0. The number of thioether (sulfide) groups is 1. The highest BCUT2D eigenvalue weighted by Crippen LogP contribution is 2.39. The molecule has 0 aliphatic heterocycles. The Morgan fingerprint density at radius 2 is 2.16 bits per heavy atom. The fourth-order valence-electron chi connectivity index (χ4n) is 3.68. The van der Waals surface area contributed by atoms with Gasteiger partial charge in [-0.2, -0.15) is 5.26 Å². The number of benzene rings is 1. The average Bonchev–Trinajstić information content (AvgIpc) is 3.31. The second-order valence-electron chi connectivity index (χ2n) is 7.60. The van der Waals surface area contributed by atoms with Gasteiger partial charge in [0.2, 0.25) is 5.91 Å². The highest BCUT2D eigenvalue weighted by Gasteiger charge is 2.24. The van der Waals surface area contributed by atoms with Gasteiger partial charge in [0.05, 0.1) is 18.4 Å². The summed E-state index contributed by atoms with van der Waals surface area (Å²) in [6.07, 6.45) is 2.98. The number of thiophene rings is 1. The zero-order valence-corrected chi connectivity index (χ0v) is 19.3. The summed E-state index contributed by atoms with van der Waals surface area (Å²) < 4.78 is 7.06. The molecule has 9 heteroatoms. The van der Waals surface area contributed by atoms with Crippen LogP contribution in [0, 0.1) is 17.2 Å². The lowest BCUT2D eigenvalue weighted by atomic mass is 9.89. The van der Waals surface area contributed by atoms with Crippen LogP contribution >= 0.6 is 23.1 Å². The summed E-state index contributed by atoms with van der Waals surface area (Å²) in [6, 6.07) is 9.88. The molecule has 4 rings (SSSR count). The molecule has 0 bridgehead atoms. The van der Waals surface area contributed by atoms with E-state index in [1.165, 1.54) is 16.6 Å². The summed E-state index contributed by atoms with van der Waals surface area (Å²) in [7, 11) is 3.50. The molecule has 0 saturated carbocycles. The smallest absolute Gasteiger partial charge is 0.235 e. The van der Waals surface area contributed by atoms with Gasteiger partial charge in [-0.15, -0.1) is 21.5 Å². The SMILES string of the molecule is COc1ccc(-c2nnc(SCC(=O)Nc3sc4c(c3C#N)CCC(C)C4)n2C)cc1. The molecule has 1 amide bonds. The monoisotopic (exact) mass is 453 g/mol. The molecule has 1 unspecified atom stereocenters. The number of carbonyl (C=O) groups is 1. The molecule has 3 aromatic rings. The highest BCUT2D eigenvalue weighted by atomic mass is 32.2. The van der Waals surface area contributed by atoms with Gasteiger partial charge < -0.3 is 14.6 Å². The molecule has 7 nitrogen and oxygen atoms in total. The molecule has 31 heavy (non-hydrogen) atoms. The summed E-state index contributed by atoms with van der Waals surface area (Å²) in [5, 5.41) is 22.3. The topological polar surface area (TPSA) is 92.8 Å². The maximum absolute atomic E-state index is 12.6. The van der Waals surface area contributed by atoms with Crippen LogP contribution in [-0.4, -0.2) is 33.5 Å². The molecule has 0 fully saturated rings. The first kappa shape index (κ1) is 21.4. The molecule has 0 spiro atoms. The summed E-state index contributed by atoms with van der Waals surface area (Å²) in [6.45, 7) is 2.23. The molecule has 1 aromatic carbocycles. The van der Waals surface area contributed by atoms with Crippen molar-refractivity contribution < 1.29 is 9.53 Å². The number of nitriles is 1. The van der Waals surface area contributed by atoms with Crippen LogP contribution < -0.4 is 10.1 Å². The summed E-state index contributed by atoms with van der Waals surface area (Å²) in [5.74, 6) is 2.16. The van der Waals surface area contributed by atoms with E-state index in [-0.39, 0.29) is 11.7 Å². The molecule has 0 saturated heterocycles. The van der Waals surface area contributed by atoms with Crippen LogP contribution in [0.3, 0.4) is 0 Å². The number of nitrogens with one attached hydrogen (secondary N) is 1. The Morgan fingerprint density at radius 3 is 2.87 bits per heavy atom. The number of nitrogens with zero attached hydrogens (tertiary/aromatic N) is 4. The molecule has 0 radical (unpaired) electrons. The predicted octanol–water partition coefficient (Wildman–Crippen LogP) is 4.28. The van der Waals surface area contributed by atoms with Crippen LogP contribution in [0.15, 0.2) is 29.4 Å². The zero-order chi connectivity index (χ0) is 22.0. The first-order valence-corrected chi connectivity index (χ1v) is 11.8. The van der Waals surface area contributed by atoms with Crippen molar-refractivity contribution >= 4 is 34.0 Å². The Hall–Kier alpha value is -2.83. The van der Waals surface area contributed by atoms with E-state index in [4.69, 9.17) is 4.74 Å². The van der Waals surface area contributed by atoms with Gasteiger partial charge in [0.25, 0.3) is 0 Å². The number of ether oxygens (including phenoxy) is 1. The van der Waals surface area contributed by atoms with E-state index in [0.717, 1.165) is 42.0 Å². The lowest BCUT2D eigenvalue weighted by Crippen LogP contribution is -2.14. The van der Waals surface area contributed by atoms with Crippen LogP contribution in [-0.2, 0) is 24.7 Å². The molecule has 2 heterocycles. The predicted molar refractivity (Wildman–Crippen MR) is 123 cm³/mol. The lowest BCUT2D eigenvalue weighted by Gasteiger charge is -2.17. The van der Waals surface area contributed by atoms with Gasteiger partial charge in [-0.1, -0.05) is 18.7 Å². The standard InChI is InChI=1S/C22H23N5O2S2/c1-13-4-9-16-17(11-23)21(31-18(16)10-13)24-19(28)12-30-22-26-25-20(27(22)2)14-5-7-15(29-3)8-6-14/h5-8,13H,4,9-10,12H2,1-3H3,(H,24,28). The number of hydrogen-bond acceptors (Lipinski definition) is 7. The molecular weight excluding hydrogens is 430 g/mol. The number of amides is 1. The Kier molecular flexibility index (Phi) is 6.30. The minimum atomic E-state index is -0.151. The fourth-order valence-corrected chi connectivity index (χ4v) is 5.77. The number of fused-ring (bicyclic) bond motifs is 1. The van der Waals surface area contributed by atoms with Crippen molar-refractivity contribution in [3.63, 3.8) is 0 Å². The Labute approximate surface area is 189 Å². The van der Waals surface area contributed by atoms with Crippen LogP contribution in [0.25, 0.3) is 11.4 Å². The Morgan fingerprint density at radius 1 is 1.39 bits per heavy atom. The van der Waals surface area contributed by atoms with Crippen LogP contribution in [0.1, 0.15) is 29.3 Å². The zero-order valence-electron chi connectivity index (χ0n) is 17.6. The van der Waals surface area contributed by atoms with Crippen molar-refractivity contribution in [3.8, 4) is 23.2 Å². The Balaban J connectivity index is 1.42. The molecular formula is C22H23N5O2S2. The van der Waals surface area contributed by atoms with Gasteiger partial charge >= 0.3 is 0 Å². The quantitative estimate of drug-likeness (QED) is 0.560. The summed E-state index contributed by atoms with van der Waals surface area (Å²) in [5.41, 5.74) is 2.67. The van der Waals surface area contributed by atoms with Crippen molar-refractivity contribution in [2.75, 3.05) is 18.2 Å². The number of anilines is 1. The maximum Gasteiger partial charge on any atom is 0.235 e. The molecule has 1 atom stereocenters. The third kappa shape index (κ3) is 4.45. The van der Waals surface area contributed by atoms with E-state index in [1.54, 1.807) is 18.4 Å². The molecule has 1 N–H and O–H groups in total. The van der Waals surface area contributed by atoms with Gasteiger partial charge in [0.15, 0.2) is 11.0 Å². The highest BCUT2D eigenvalue weighted by molar-refractivity contribution is 7.99. The second-order valence-corrected chi connectivity index (χ2v) is 9.65. The normalized spacial score (nSPS) is 15.2. The van der Waals surface area contributed by atoms with Gasteiger partial charge in [-0.05, 0) is 55.0 Å². The van der Waals surface area contributed by atoms with Gasteiger partial charge in [0, 0.05) is 17.5 Å². The second kappa shape index (κ2) is 9.12.